The summed E-state index contributed by atoms with van der Waals surface area (Å²) in [5.74, 6) is -0.155. The van der Waals surface area contributed by atoms with Gasteiger partial charge in [-0.2, -0.15) is 13.2 Å². The van der Waals surface area contributed by atoms with Crippen molar-refractivity contribution in [1.82, 2.24) is 4.90 Å². The van der Waals surface area contributed by atoms with Crippen molar-refractivity contribution in [2.24, 2.45) is 0 Å². The maximum Gasteiger partial charge on any atom is 0.416 e. The quantitative estimate of drug-likeness (QED) is 0.877. The minimum atomic E-state index is -4.40. The van der Waals surface area contributed by atoms with E-state index in [0.717, 1.165) is 12.1 Å². The van der Waals surface area contributed by atoms with Crippen LogP contribution in [-0.2, 0) is 11.0 Å². The van der Waals surface area contributed by atoms with E-state index in [4.69, 9.17) is 4.74 Å². The van der Waals surface area contributed by atoms with Gasteiger partial charge in [0.05, 0.1) is 11.7 Å². The SMILES string of the molecule is CC(O)CN(C(=O)COc1ccc(C(F)(F)F)cc1)C(C)C. The van der Waals surface area contributed by atoms with Crippen LogP contribution in [0.15, 0.2) is 24.3 Å². The van der Waals surface area contributed by atoms with Gasteiger partial charge in [-0.3, -0.25) is 4.79 Å². The normalized spacial score (nSPS) is 13.1. The molecule has 0 saturated heterocycles. The second-order valence-electron chi connectivity index (χ2n) is 5.30. The lowest BCUT2D eigenvalue weighted by atomic mass is 10.2. The van der Waals surface area contributed by atoms with Crippen LogP contribution in [0.5, 0.6) is 5.75 Å². The monoisotopic (exact) mass is 319 g/mol. The van der Waals surface area contributed by atoms with Crippen molar-refractivity contribution in [2.45, 2.75) is 39.1 Å². The topological polar surface area (TPSA) is 49.8 Å². The lowest BCUT2D eigenvalue weighted by Crippen LogP contribution is -2.43. The Morgan fingerprint density at radius 1 is 1.23 bits per heavy atom. The fraction of sp³-hybridized carbons (Fsp3) is 0.533. The van der Waals surface area contributed by atoms with Crippen molar-refractivity contribution >= 4 is 5.91 Å². The fourth-order valence-corrected chi connectivity index (χ4v) is 1.85. The number of aliphatic hydroxyl groups excluding tert-OH is 1. The number of nitrogens with zero attached hydrogens (tertiary/aromatic N) is 1. The Morgan fingerprint density at radius 3 is 2.18 bits per heavy atom. The zero-order chi connectivity index (χ0) is 16.9. The number of hydrogen-bond acceptors (Lipinski definition) is 3. The maximum atomic E-state index is 12.4. The summed E-state index contributed by atoms with van der Waals surface area (Å²) in [6, 6.07) is 4.03. The number of rotatable bonds is 6. The average Bonchev–Trinajstić information content (AvgIpc) is 2.41. The number of benzene rings is 1. The lowest BCUT2D eigenvalue weighted by Gasteiger charge is -2.27. The first-order valence-corrected chi connectivity index (χ1v) is 6.89. The van der Waals surface area contributed by atoms with Gasteiger partial charge in [0.25, 0.3) is 5.91 Å². The highest BCUT2D eigenvalue weighted by Gasteiger charge is 2.30. The molecule has 1 N–H and O–H groups in total. The second kappa shape index (κ2) is 7.49. The summed E-state index contributed by atoms with van der Waals surface area (Å²) in [5.41, 5.74) is -0.774. The molecular weight excluding hydrogens is 299 g/mol. The third-order valence-electron chi connectivity index (χ3n) is 2.95. The number of ether oxygens (including phenoxy) is 1. The predicted molar refractivity (Wildman–Crippen MR) is 75.5 cm³/mol. The van der Waals surface area contributed by atoms with E-state index in [2.05, 4.69) is 0 Å². The maximum absolute atomic E-state index is 12.4. The highest BCUT2D eigenvalue weighted by atomic mass is 19.4. The number of aliphatic hydroxyl groups is 1. The number of carbonyl (C=O) groups is 1. The molecule has 0 bridgehead atoms. The van der Waals surface area contributed by atoms with E-state index in [-0.39, 0.29) is 30.9 Å². The van der Waals surface area contributed by atoms with Crippen molar-refractivity contribution in [2.75, 3.05) is 13.2 Å². The first-order chi connectivity index (χ1) is 10.1. The summed E-state index contributed by atoms with van der Waals surface area (Å²) in [6.07, 6.45) is -5.07. The van der Waals surface area contributed by atoms with Crippen molar-refractivity contribution < 1.29 is 27.8 Å². The van der Waals surface area contributed by atoms with Gasteiger partial charge < -0.3 is 14.7 Å². The third-order valence-corrected chi connectivity index (χ3v) is 2.95. The first kappa shape index (κ1) is 18.3. The molecule has 1 aromatic carbocycles. The summed E-state index contributed by atoms with van der Waals surface area (Å²) in [5, 5.41) is 9.37. The van der Waals surface area contributed by atoms with Gasteiger partial charge in [0.1, 0.15) is 5.75 Å². The van der Waals surface area contributed by atoms with E-state index < -0.39 is 17.8 Å². The number of carbonyl (C=O) groups excluding carboxylic acids is 1. The van der Waals surface area contributed by atoms with Gasteiger partial charge in [-0.1, -0.05) is 0 Å². The molecule has 1 atom stereocenters. The zero-order valence-corrected chi connectivity index (χ0v) is 12.7. The Labute approximate surface area is 127 Å². The molecule has 124 valence electrons. The molecule has 0 aliphatic carbocycles. The third kappa shape index (κ3) is 5.55. The Kier molecular flexibility index (Phi) is 6.22. The molecule has 0 aliphatic heterocycles. The zero-order valence-electron chi connectivity index (χ0n) is 12.7. The number of alkyl halides is 3. The fourth-order valence-electron chi connectivity index (χ4n) is 1.85. The van der Waals surface area contributed by atoms with Crippen LogP contribution in [-0.4, -0.2) is 41.2 Å². The van der Waals surface area contributed by atoms with Crippen LogP contribution in [0, 0.1) is 0 Å². The van der Waals surface area contributed by atoms with Crippen LogP contribution in [0.4, 0.5) is 13.2 Å². The molecule has 4 nitrogen and oxygen atoms in total. The first-order valence-electron chi connectivity index (χ1n) is 6.89. The molecule has 0 spiro atoms. The van der Waals surface area contributed by atoms with Crippen LogP contribution in [0.2, 0.25) is 0 Å². The van der Waals surface area contributed by atoms with Crippen molar-refractivity contribution in [3.8, 4) is 5.75 Å². The number of hydrogen-bond donors (Lipinski definition) is 1. The molecule has 0 aromatic heterocycles. The molecule has 1 aromatic rings. The summed E-state index contributed by atoms with van der Waals surface area (Å²) in [4.78, 5) is 13.5. The van der Waals surface area contributed by atoms with Gasteiger partial charge in [-0.15, -0.1) is 0 Å². The van der Waals surface area contributed by atoms with Crippen LogP contribution in [0.25, 0.3) is 0 Å². The molecule has 7 heteroatoms. The van der Waals surface area contributed by atoms with E-state index in [1.54, 1.807) is 20.8 Å². The molecule has 1 unspecified atom stereocenters. The van der Waals surface area contributed by atoms with E-state index in [9.17, 15) is 23.1 Å². The molecule has 1 rings (SSSR count). The molecule has 0 fully saturated rings. The van der Waals surface area contributed by atoms with Crippen LogP contribution in [0.3, 0.4) is 0 Å². The van der Waals surface area contributed by atoms with Gasteiger partial charge >= 0.3 is 6.18 Å². The van der Waals surface area contributed by atoms with Crippen LogP contribution >= 0.6 is 0 Å². The van der Waals surface area contributed by atoms with E-state index in [1.807, 2.05) is 0 Å². The minimum Gasteiger partial charge on any atom is -0.484 e. The number of halogens is 3. The summed E-state index contributed by atoms with van der Waals surface area (Å²) < 4.78 is 42.5. The Bertz CT molecular complexity index is 484. The molecule has 0 aliphatic rings. The predicted octanol–water partition coefficient (Wildman–Crippen LogP) is 2.70. The number of amides is 1. The van der Waals surface area contributed by atoms with Crippen LogP contribution in [0.1, 0.15) is 26.3 Å². The molecular formula is C15H20F3NO3. The summed E-state index contributed by atoms with van der Waals surface area (Å²) in [7, 11) is 0. The smallest absolute Gasteiger partial charge is 0.416 e. The van der Waals surface area contributed by atoms with Gasteiger partial charge in [-0.05, 0) is 45.0 Å². The standard InChI is InChI=1S/C15H20F3NO3/c1-10(2)19(8-11(3)20)14(21)9-22-13-6-4-12(5-7-13)15(16,17)18/h4-7,10-11,20H,8-9H2,1-3H3. The van der Waals surface area contributed by atoms with Gasteiger partial charge in [0.2, 0.25) is 0 Å². The molecule has 1 amide bonds. The van der Waals surface area contributed by atoms with Gasteiger partial charge in [-0.25, -0.2) is 0 Å². The largest absolute Gasteiger partial charge is 0.484 e. The van der Waals surface area contributed by atoms with Crippen molar-refractivity contribution in [3.05, 3.63) is 29.8 Å². The summed E-state index contributed by atoms with van der Waals surface area (Å²) in [6.45, 7) is 5.05. The van der Waals surface area contributed by atoms with E-state index in [1.165, 1.54) is 17.0 Å². The summed E-state index contributed by atoms with van der Waals surface area (Å²) >= 11 is 0. The highest BCUT2D eigenvalue weighted by Crippen LogP contribution is 2.30. The minimum absolute atomic E-state index is 0.113. The second-order valence-corrected chi connectivity index (χ2v) is 5.30. The highest BCUT2D eigenvalue weighted by molar-refractivity contribution is 5.78. The lowest BCUT2D eigenvalue weighted by molar-refractivity contribution is -0.138. The Balaban J connectivity index is 2.63. The van der Waals surface area contributed by atoms with Gasteiger partial charge in [0, 0.05) is 12.6 Å². The van der Waals surface area contributed by atoms with E-state index >= 15 is 0 Å². The van der Waals surface area contributed by atoms with Crippen molar-refractivity contribution in [1.29, 1.82) is 0 Å². The van der Waals surface area contributed by atoms with Crippen molar-refractivity contribution in [3.63, 3.8) is 0 Å². The molecule has 0 heterocycles. The molecule has 22 heavy (non-hydrogen) atoms. The average molecular weight is 319 g/mol. The van der Waals surface area contributed by atoms with Gasteiger partial charge in [0.15, 0.2) is 6.61 Å². The molecule has 0 radical (unpaired) electrons. The Morgan fingerprint density at radius 2 is 1.77 bits per heavy atom. The van der Waals surface area contributed by atoms with Crippen LogP contribution < -0.4 is 4.74 Å². The Hall–Kier alpha value is -1.76. The molecule has 0 saturated carbocycles. The van der Waals surface area contributed by atoms with E-state index in [0.29, 0.717) is 0 Å².